The molecular formula is C24H25N3O6S. The molecule has 0 saturated carbocycles. The SMILES string of the molecule is COc1cccc(NC(=O)c2ccccc2NC(=O)c2cc(S(=O)(=O)N3CCCC3)c(C)o2)c1. The predicted octanol–water partition coefficient (Wildman–Crippen LogP) is 3.89. The normalized spacial score (nSPS) is 14.1. The van der Waals surface area contributed by atoms with Gasteiger partial charge in [-0.2, -0.15) is 4.31 Å². The summed E-state index contributed by atoms with van der Waals surface area (Å²) in [5.74, 6) is -0.517. The van der Waals surface area contributed by atoms with Crippen LogP contribution in [0.5, 0.6) is 5.75 Å². The molecule has 34 heavy (non-hydrogen) atoms. The molecule has 178 valence electrons. The Labute approximate surface area is 197 Å². The average molecular weight is 484 g/mol. The van der Waals surface area contributed by atoms with Gasteiger partial charge in [-0.05, 0) is 44.0 Å². The molecule has 2 amide bonds. The number of hydrogen-bond donors (Lipinski definition) is 2. The average Bonchev–Trinajstić information content (AvgIpc) is 3.50. The summed E-state index contributed by atoms with van der Waals surface area (Å²) in [5, 5.41) is 5.42. The van der Waals surface area contributed by atoms with E-state index in [0.29, 0.717) is 24.5 Å². The first kappa shape index (κ1) is 23.5. The van der Waals surface area contributed by atoms with Gasteiger partial charge in [0.2, 0.25) is 10.0 Å². The molecule has 1 fully saturated rings. The van der Waals surface area contributed by atoms with Crippen LogP contribution in [0.1, 0.15) is 39.5 Å². The molecule has 0 radical (unpaired) electrons. The molecule has 1 aliphatic heterocycles. The Balaban J connectivity index is 1.54. The number of aryl methyl sites for hydroxylation is 1. The molecule has 0 bridgehead atoms. The third-order valence-corrected chi connectivity index (χ3v) is 7.53. The highest BCUT2D eigenvalue weighted by Gasteiger charge is 2.32. The van der Waals surface area contributed by atoms with E-state index in [1.165, 1.54) is 24.4 Å². The van der Waals surface area contributed by atoms with Gasteiger partial charge in [-0.3, -0.25) is 9.59 Å². The molecule has 9 nitrogen and oxygen atoms in total. The number of ether oxygens (including phenoxy) is 1. The van der Waals surface area contributed by atoms with Gasteiger partial charge in [0.1, 0.15) is 16.4 Å². The van der Waals surface area contributed by atoms with Crippen LogP contribution < -0.4 is 15.4 Å². The fourth-order valence-corrected chi connectivity index (χ4v) is 5.45. The number of nitrogens with one attached hydrogen (secondary N) is 2. The fraction of sp³-hybridized carbons (Fsp3) is 0.250. The highest BCUT2D eigenvalue weighted by atomic mass is 32.2. The lowest BCUT2D eigenvalue weighted by molar-refractivity contribution is 0.0995. The van der Waals surface area contributed by atoms with Crippen LogP contribution in [0.4, 0.5) is 11.4 Å². The topological polar surface area (TPSA) is 118 Å². The van der Waals surface area contributed by atoms with E-state index >= 15 is 0 Å². The summed E-state index contributed by atoms with van der Waals surface area (Å²) in [7, 11) is -2.20. The summed E-state index contributed by atoms with van der Waals surface area (Å²) in [6.07, 6.45) is 1.61. The summed E-state index contributed by atoms with van der Waals surface area (Å²) < 4.78 is 37.8. The van der Waals surface area contributed by atoms with Gasteiger partial charge in [0.15, 0.2) is 5.76 Å². The van der Waals surface area contributed by atoms with Gasteiger partial charge in [0, 0.05) is 30.9 Å². The van der Waals surface area contributed by atoms with Crippen molar-refractivity contribution >= 4 is 33.2 Å². The van der Waals surface area contributed by atoms with Crippen molar-refractivity contribution in [2.45, 2.75) is 24.7 Å². The van der Waals surface area contributed by atoms with Crippen LogP contribution in [0.25, 0.3) is 0 Å². The Morgan fingerprint density at radius 3 is 2.44 bits per heavy atom. The molecule has 0 unspecified atom stereocenters. The standard InChI is InChI=1S/C24H25N3O6S/c1-16-22(34(30,31)27-12-5-6-13-27)15-21(33-16)24(29)26-20-11-4-3-10-19(20)23(28)25-17-8-7-9-18(14-17)32-2/h3-4,7-11,14-15H,5-6,12-13H2,1-2H3,(H,25,28)(H,26,29). The molecule has 1 aliphatic rings. The number of amides is 2. The van der Waals surface area contributed by atoms with Crippen LogP contribution in [0.15, 0.2) is 63.9 Å². The number of anilines is 2. The largest absolute Gasteiger partial charge is 0.497 e. The predicted molar refractivity (Wildman–Crippen MR) is 127 cm³/mol. The Kier molecular flexibility index (Phi) is 6.71. The second kappa shape index (κ2) is 9.70. The molecule has 0 aliphatic carbocycles. The molecule has 0 atom stereocenters. The molecule has 0 spiro atoms. The van der Waals surface area contributed by atoms with E-state index in [1.807, 2.05) is 0 Å². The van der Waals surface area contributed by atoms with E-state index in [1.54, 1.807) is 48.5 Å². The number of rotatable bonds is 7. The second-order valence-electron chi connectivity index (χ2n) is 7.83. The van der Waals surface area contributed by atoms with Crippen LogP contribution in [-0.4, -0.2) is 44.7 Å². The van der Waals surface area contributed by atoms with Crippen molar-refractivity contribution in [1.29, 1.82) is 0 Å². The summed E-state index contributed by atoms with van der Waals surface area (Å²) in [6, 6.07) is 14.6. The third kappa shape index (κ3) is 4.82. The maximum absolute atomic E-state index is 12.9. The van der Waals surface area contributed by atoms with E-state index in [4.69, 9.17) is 9.15 Å². The summed E-state index contributed by atoms with van der Waals surface area (Å²) in [5.41, 5.74) is 1.02. The molecular weight excluding hydrogens is 458 g/mol. The number of carbonyl (C=O) groups is 2. The van der Waals surface area contributed by atoms with Crippen molar-refractivity contribution in [2.24, 2.45) is 0 Å². The van der Waals surface area contributed by atoms with Crippen LogP contribution in [0.2, 0.25) is 0 Å². The zero-order valence-corrected chi connectivity index (χ0v) is 19.6. The quantitative estimate of drug-likeness (QED) is 0.527. The number of para-hydroxylation sites is 1. The first-order valence-electron chi connectivity index (χ1n) is 10.8. The monoisotopic (exact) mass is 483 g/mol. The van der Waals surface area contributed by atoms with Gasteiger partial charge in [-0.25, -0.2) is 8.42 Å². The number of methoxy groups -OCH3 is 1. The van der Waals surface area contributed by atoms with Gasteiger partial charge in [0.25, 0.3) is 11.8 Å². The van der Waals surface area contributed by atoms with Crippen LogP contribution in [-0.2, 0) is 10.0 Å². The Bertz CT molecular complexity index is 1330. The van der Waals surface area contributed by atoms with Crippen molar-refractivity contribution in [3.8, 4) is 5.75 Å². The summed E-state index contributed by atoms with van der Waals surface area (Å²) in [6.45, 7) is 2.41. The maximum atomic E-state index is 12.9. The van der Waals surface area contributed by atoms with E-state index in [9.17, 15) is 18.0 Å². The lowest BCUT2D eigenvalue weighted by Crippen LogP contribution is -2.28. The minimum absolute atomic E-state index is 0.0244. The van der Waals surface area contributed by atoms with E-state index in [2.05, 4.69) is 10.6 Å². The van der Waals surface area contributed by atoms with Gasteiger partial charge in [-0.1, -0.05) is 18.2 Å². The van der Waals surface area contributed by atoms with Crippen molar-refractivity contribution in [3.63, 3.8) is 0 Å². The second-order valence-corrected chi connectivity index (χ2v) is 9.73. The molecule has 1 aromatic heterocycles. The Morgan fingerprint density at radius 1 is 0.971 bits per heavy atom. The number of nitrogens with zero attached hydrogens (tertiary/aromatic N) is 1. The van der Waals surface area contributed by atoms with Gasteiger partial charge in [0.05, 0.1) is 18.4 Å². The number of hydrogen-bond acceptors (Lipinski definition) is 6. The van der Waals surface area contributed by atoms with Gasteiger partial charge >= 0.3 is 0 Å². The van der Waals surface area contributed by atoms with Crippen LogP contribution >= 0.6 is 0 Å². The highest BCUT2D eigenvalue weighted by molar-refractivity contribution is 7.89. The molecule has 2 aromatic carbocycles. The molecule has 3 aromatic rings. The minimum Gasteiger partial charge on any atom is -0.497 e. The third-order valence-electron chi connectivity index (χ3n) is 5.53. The molecule has 4 rings (SSSR count). The fourth-order valence-electron chi connectivity index (χ4n) is 3.77. The lowest BCUT2D eigenvalue weighted by Gasteiger charge is -2.14. The Hall–Kier alpha value is -3.63. The maximum Gasteiger partial charge on any atom is 0.291 e. The lowest BCUT2D eigenvalue weighted by atomic mass is 10.1. The van der Waals surface area contributed by atoms with Gasteiger partial charge < -0.3 is 19.8 Å². The Morgan fingerprint density at radius 2 is 1.71 bits per heavy atom. The minimum atomic E-state index is -3.73. The molecule has 2 N–H and O–H groups in total. The first-order chi connectivity index (χ1) is 16.3. The van der Waals surface area contributed by atoms with Crippen LogP contribution in [0, 0.1) is 6.92 Å². The summed E-state index contributed by atoms with van der Waals surface area (Å²) >= 11 is 0. The number of sulfonamides is 1. The van der Waals surface area contributed by atoms with Crippen molar-refractivity contribution in [2.75, 3.05) is 30.8 Å². The van der Waals surface area contributed by atoms with E-state index in [0.717, 1.165) is 12.8 Å². The molecule has 10 heteroatoms. The van der Waals surface area contributed by atoms with Gasteiger partial charge in [-0.15, -0.1) is 0 Å². The zero-order valence-electron chi connectivity index (χ0n) is 18.8. The van der Waals surface area contributed by atoms with Crippen molar-refractivity contribution in [3.05, 3.63) is 71.7 Å². The van der Waals surface area contributed by atoms with E-state index in [-0.39, 0.29) is 27.7 Å². The molecule has 1 saturated heterocycles. The zero-order chi connectivity index (χ0) is 24.3. The van der Waals surface area contributed by atoms with Crippen molar-refractivity contribution in [1.82, 2.24) is 4.31 Å². The summed E-state index contributed by atoms with van der Waals surface area (Å²) in [4.78, 5) is 25.7. The number of furan rings is 1. The number of benzene rings is 2. The van der Waals surface area contributed by atoms with Crippen LogP contribution in [0.3, 0.4) is 0 Å². The molecule has 2 heterocycles. The smallest absolute Gasteiger partial charge is 0.291 e. The number of carbonyl (C=O) groups excluding carboxylic acids is 2. The van der Waals surface area contributed by atoms with Crippen molar-refractivity contribution < 1.29 is 27.2 Å². The highest BCUT2D eigenvalue weighted by Crippen LogP contribution is 2.27. The van der Waals surface area contributed by atoms with E-state index < -0.39 is 21.8 Å². The first-order valence-corrected chi connectivity index (χ1v) is 12.2.